The normalized spacial score (nSPS) is 10.8. The fourth-order valence-corrected chi connectivity index (χ4v) is 2.39. The summed E-state index contributed by atoms with van der Waals surface area (Å²) in [6.07, 6.45) is 1.77. The van der Waals surface area contributed by atoms with Crippen LogP contribution < -0.4 is 21.5 Å². The van der Waals surface area contributed by atoms with Crippen LogP contribution in [0.15, 0.2) is 42.6 Å². The molecule has 0 atom stereocenters. The number of aliphatic hydroxyl groups is 1. The van der Waals surface area contributed by atoms with E-state index in [-0.39, 0.29) is 35.2 Å². The number of nitrogens with zero attached hydrogens (tertiary/aromatic N) is 1. The van der Waals surface area contributed by atoms with Gasteiger partial charge in [0, 0.05) is 16.8 Å². The van der Waals surface area contributed by atoms with Crippen LogP contribution in [0.1, 0.15) is 0 Å². The highest BCUT2D eigenvalue weighted by Crippen LogP contribution is 2.24. The van der Waals surface area contributed by atoms with Gasteiger partial charge < -0.3 is 22.1 Å². The number of aliphatic hydroxyl groups excluding tert-OH is 1. The molecule has 1 N–H and O–H groups in total. The Morgan fingerprint density at radius 3 is 2.40 bits per heavy atom. The van der Waals surface area contributed by atoms with Crippen molar-refractivity contribution in [1.82, 2.24) is 0 Å². The van der Waals surface area contributed by atoms with Crippen molar-refractivity contribution in [2.24, 2.45) is 0 Å². The van der Waals surface area contributed by atoms with Gasteiger partial charge in [-0.05, 0) is 24.3 Å². The second-order valence-corrected chi connectivity index (χ2v) is 4.44. The van der Waals surface area contributed by atoms with Crippen molar-refractivity contribution in [2.45, 2.75) is 6.54 Å². The summed E-state index contributed by atoms with van der Waals surface area (Å²) in [7, 11) is 0. The van der Waals surface area contributed by atoms with Crippen LogP contribution in [0.5, 0.6) is 0 Å². The first-order valence-electron chi connectivity index (χ1n) is 6.01. The van der Waals surface area contributed by atoms with E-state index in [1.807, 2.05) is 0 Å². The van der Waals surface area contributed by atoms with Crippen molar-refractivity contribution < 1.29 is 35.4 Å². The van der Waals surface area contributed by atoms with E-state index < -0.39 is 0 Å². The number of benzene rings is 2. The first-order valence-corrected chi connectivity index (χ1v) is 6.01. The summed E-state index contributed by atoms with van der Waals surface area (Å²) in [5.41, 5.74) is 0.814. The molecule has 1 heterocycles. The van der Waals surface area contributed by atoms with Gasteiger partial charge in [-0.3, -0.25) is 0 Å². The lowest BCUT2D eigenvalue weighted by atomic mass is 10.1. The van der Waals surface area contributed by atoms with Crippen molar-refractivity contribution >= 4 is 21.7 Å². The third kappa shape index (κ3) is 2.51. The molecular formula is C15H12BrF2NO. The number of fused-ring (bicyclic) bond motifs is 3. The predicted octanol–water partition coefficient (Wildman–Crippen LogP) is -0.445. The van der Waals surface area contributed by atoms with Gasteiger partial charge in [-0.15, -0.1) is 0 Å². The topological polar surface area (TPSA) is 24.1 Å². The molecule has 3 aromatic rings. The summed E-state index contributed by atoms with van der Waals surface area (Å²) in [6, 6.07) is 8.91. The molecule has 0 saturated heterocycles. The summed E-state index contributed by atoms with van der Waals surface area (Å²) in [5, 5.41) is 11.3. The highest BCUT2D eigenvalue weighted by atomic mass is 79.9. The summed E-state index contributed by atoms with van der Waals surface area (Å²) in [6.45, 7) is 0.354. The quantitative estimate of drug-likeness (QED) is 0.496. The minimum absolute atomic E-state index is 0. The average molecular weight is 340 g/mol. The molecule has 5 heteroatoms. The van der Waals surface area contributed by atoms with E-state index in [9.17, 15) is 8.78 Å². The minimum atomic E-state index is -0.334. The summed E-state index contributed by atoms with van der Waals surface area (Å²) in [4.78, 5) is 0. The van der Waals surface area contributed by atoms with Gasteiger partial charge in [0.15, 0.2) is 12.7 Å². The zero-order chi connectivity index (χ0) is 13.4. The maximum Gasteiger partial charge on any atom is 0.213 e. The molecule has 0 bridgehead atoms. The molecule has 104 valence electrons. The largest absolute Gasteiger partial charge is 1.00 e. The molecule has 0 fully saturated rings. The Hall–Kier alpha value is -1.59. The second kappa shape index (κ2) is 5.81. The van der Waals surface area contributed by atoms with Gasteiger partial charge in [-0.1, -0.05) is 6.07 Å². The Morgan fingerprint density at radius 2 is 1.65 bits per heavy atom. The van der Waals surface area contributed by atoms with Crippen LogP contribution in [-0.2, 0) is 6.54 Å². The lowest BCUT2D eigenvalue weighted by Crippen LogP contribution is -3.00. The van der Waals surface area contributed by atoms with Crippen LogP contribution in [0.2, 0.25) is 0 Å². The first kappa shape index (κ1) is 14.8. The van der Waals surface area contributed by atoms with Crippen LogP contribution in [0.4, 0.5) is 8.78 Å². The molecule has 0 saturated carbocycles. The highest BCUT2D eigenvalue weighted by molar-refractivity contribution is 6.03. The smallest absolute Gasteiger partial charge is 0.213 e. The molecular weight excluding hydrogens is 328 g/mol. The number of hydrogen-bond acceptors (Lipinski definition) is 1. The standard InChI is InChI=1S/C15H12F2NO.BrH/c16-11-1-3-13-10(7-11)9-18(5-6-19)15-4-2-12(17)8-14(13)15;/h1-4,7-9,19H,5-6H2;1H/q+1;/p-1. The van der Waals surface area contributed by atoms with Crippen molar-refractivity contribution in [2.75, 3.05) is 6.61 Å². The number of rotatable bonds is 2. The molecule has 20 heavy (non-hydrogen) atoms. The molecule has 0 spiro atoms. The highest BCUT2D eigenvalue weighted by Gasteiger charge is 2.14. The lowest BCUT2D eigenvalue weighted by molar-refractivity contribution is -0.671. The maximum absolute atomic E-state index is 13.4. The predicted molar refractivity (Wildman–Crippen MR) is 68.7 cm³/mol. The molecule has 0 aliphatic heterocycles. The van der Waals surface area contributed by atoms with E-state index in [1.165, 1.54) is 24.3 Å². The van der Waals surface area contributed by atoms with E-state index in [2.05, 4.69) is 0 Å². The Labute approximate surface area is 125 Å². The van der Waals surface area contributed by atoms with Gasteiger partial charge >= 0.3 is 0 Å². The van der Waals surface area contributed by atoms with E-state index >= 15 is 0 Å². The van der Waals surface area contributed by atoms with E-state index in [4.69, 9.17) is 5.11 Å². The molecule has 1 aromatic heterocycles. The fourth-order valence-electron chi connectivity index (χ4n) is 2.39. The number of hydrogen-bond donors (Lipinski definition) is 1. The van der Waals surface area contributed by atoms with Gasteiger partial charge in [-0.25, -0.2) is 8.78 Å². The van der Waals surface area contributed by atoms with Crippen molar-refractivity contribution in [3.05, 3.63) is 54.2 Å². The van der Waals surface area contributed by atoms with E-state index in [0.29, 0.717) is 17.3 Å². The third-order valence-electron chi connectivity index (χ3n) is 3.21. The molecule has 0 aliphatic rings. The minimum Gasteiger partial charge on any atom is -1.00 e. The third-order valence-corrected chi connectivity index (χ3v) is 3.21. The van der Waals surface area contributed by atoms with Crippen LogP contribution in [0, 0.1) is 11.6 Å². The first-order chi connectivity index (χ1) is 9.19. The zero-order valence-corrected chi connectivity index (χ0v) is 12.1. The van der Waals surface area contributed by atoms with Gasteiger partial charge in [-0.2, -0.15) is 4.57 Å². The number of aromatic nitrogens is 1. The van der Waals surface area contributed by atoms with Crippen LogP contribution >= 0.6 is 0 Å². The second-order valence-electron chi connectivity index (χ2n) is 4.44. The Balaban J connectivity index is 0.00000147. The van der Waals surface area contributed by atoms with Crippen LogP contribution in [-0.4, -0.2) is 11.7 Å². The van der Waals surface area contributed by atoms with E-state index in [1.54, 1.807) is 22.9 Å². The molecule has 0 aliphatic carbocycles. The summed E-state index contributed by atoms with van der Waals surface area (Å²) in [5.74, 6) is -0.668. The van der Waals surface area contributed by atoms with E-state index in [0.717, 1.165) is 10.9 Å². The van der Waals surface area contributed by atoms with Crippen LogP contribution in [0.25, 0.3) is 21.7 Å². The summed E-state index contributed by atoms with van der Waals surface area (Å²) >= 11 is 0. The SMILES string of the molecule is OCC[n+]1cc2cc(F)ccc2c2cc(F)ccc21.[Br-]. The van der Waals surface area contributed by atoms with Crippen molar-refractivity contribution in [1.29, 1.82) is 0 Å². The Morgan fingerprint density at radius 1 is 0.950 bits per heavy atom. The van der Waals surface area contributed by atoms with Crippen LogP contribution in [0.3, 0.4) is 0 Å². The molecule has 2 nitrogen and oxygen atoms in total. The molecule has 2 aromatic carbocycles. The van der Waals surface area contributed by atoms with Gasteiger partial charge in [0.1, 0.15) is 18.2 Å². The number of halogens is 3. The van der Waals surface area contributed by atoms with Gasteiger partial charge in [0.2, 0.25) is 5.52 Å². The Bertz CT molecular complexity index is 777. The molecule has 0 radical (unpaired) electrons. The summed E-state index contributed by atoms with van der Waals surface area (Å²) < 4.78 is 28.5. The van der Waals surface area contributed by atoms with Crippen molar-refractivity contribution in [3.8, 4) is 0 Å². The molecule has 0 unspecified atom stereocenters. The van der Waals surface area contributed by atoms with Crippen molar-refractivity contribution in [3.63, 3.8) is 0 Å². The zero-order valence-electron chi connectivity index (χ0n) is 10.5. The molecule has 0 amide bonds. The Kier molecular flexibility index (Phi) is 4.30. The lowest BCUT2D eigenvalue weighted by Gasteiger charge is -2.05. The maximum atomic E-state index is 13.4. The molecule has 3 rings (SSSR count). The fraction of sp³-hybridized carbons (Fsp3) is 0.133. The average Bonchev–Trinajstić information content (AvgIpc) is 2.38. The van der Waals surface area contributed by atoms with Gasteiger partial charge in [0.25, 0.3) is 0 Å². The number of pyridine rings is 1. The van der Waals surface area contributed by atoms with Gasteiger partial charge in [0.05, 0.1) is 5.39 Å². The monoisotopic (exact) mass is 339 g/mol.